The summed E-state index contributed by atoms with van der Waals surface area (Å²) < 4.78 is 18.1. The number of aliphatic hydroxyl groups excluding tert-OH is 1. The summed E-state index contributed by atoms with van der Waals surface area (Å²) in [4.78, 5) is 13.3. The van der Waals surface area contributed by atoms with Crippen molar-refractivity contribution in [2.75, 3.05) is 6.61 Å². The summed E-state index contributed by atoms with van der Waals surface area (Å²) in [6.45, 7) is 19.0. The second kappa shape index (κ2) is 8.59. The van der Waals surface area contributed by atoms with Crippen LogP contribution in [0.15, 0.2) is 16.2 Å². The van der Waals surface area contributed by atoms with E-state index >= 15 is 0 Å². The molecule has 1 aliphatic heterocycles. The van der Waals surface area contributed by atoms with Crippen LogP contribution in [0.5, 0.6) is 0 Å². The van der Waals surface area contributed by atoms with E-state index in [0.717, 1.165) is 18.4 Å². The van der Waals surface area contributed by atoms with Crippen molar-refractivity contribution in [3.8, 4) is 0 Å². The Morgan fingerprint density at radius 3 is 2.56 bits per heavy atom. The van der Waals surface area contributed by atoms with Crippen molar-refractivity contribution in [3.05, 3.63) is 28.7 Å². The summed E-state index contributed by atoms with van der Waals surface area (Å²) >= 11 is 1.63. The number of carbonyl (C=O) groups is 1. The molecule has 2 heterocycles. The van der Waals surface area contributed by atoms with Crippen LogP contribution in [-0.4, -0.2) is 55.9 Å². The zero-order chi connectivity index (χ0) is 28.4. The molecule has 8 heteroatoms. The number of aromatic nitrogens is 1. The van der Waals surface area contributed by atoms with Crippen LogP contribution < -0.4 is 0 Å². The first-order valence-corrected chi connectivity index (χ1v) is 15.5. The number of esters is 1. The molecule has 1 aromatic rings. The van der Waals surface area contributed by atoms with Crippen LogP contribution in [0.1, 0.15) is 96.0 Å². The third kappa shape index (κ3) is 3.59. The number of hydrogen-bond acceptors (Lipinski definition) is 8. The van der Waals surface area contributed by atoms with E-state index in [4.69, 9.17) is 14.0 Å². The minimum atomic E-state index is -1.50. The van der Waals surface area contributed by atoms with Gasteiger partial charge in [-0.15, -0.1) is 11.8 Å². The summed E-state index contributed by atoms with van der Waals surface area (Å²) in [5.74, 6) is 0.849. The van der Waals surface area contributed by atoms with Gasteiger partial charge in [0.25, 0.3) is 0 Å². The molecule has 216 valence electrons. The molecular weight excluding hydrogens is 514 g/mol. The molecule has 6 unspecified atom stereocenters. The predicted molar refractivity (Wildman–Crippen MR) is 149 cm³/mol. The summed E-state index contributed by atoms with van der Waals surface area (Å²) in [6.07, 6.45) is 2.19. The van der Waals surface area contributed by atoms with Crippen molar-refractivity contribution < 1.29 is 29.0 Å². The summed E-state index contributed by atoms with van der Waals surface area (Å²) in [7, 11) is 0. The van der Waals surface area contributed by atoms with E-state index < -0.39 is 34.1 Å². The minimum Gasteiger partial charge on any atom is -0.451 e. The Morgan fingerprint density at radius 2 is 1.90 bits per heavy atom. The molecule has 2 N–H and O–H groups in total. The van der Waals surface area contributed by atoms with E-state index in [1.54, 1.807) is 18.7 Å². The molecule has 10 atom stereocenters. The number of rotatable bonds is 3. The fourth-order valence-electron chi connectivity index (χ4n) is 9.38. The van der Waals surface area contributed by atoms with E-state index in [2.05, 4.69) is 32.0 Å². The maximum atomic E-state index is 13.8. The molecule has 4 fully saturated rings. The molecule has 6 rings (SSSR count). The van der Waals surface area contributed by atoms with Crippen molar-refractivity contribution in [1.29, 1.82) is 0 Å². The lowest BCUT2D eigenvalue weighted by molar-refractivity contribution is -0.182. The zero-order valence-electron chi connectivity index (χ0n) is 24.8. The van der Waals surface area contributed by atoms with Crippen LogP contribution in [-0.2, 0) is 9.47 Å². The van der Waals surface area contributed by atoms with Gasteiger partial charge in [0, 0.05) is 5.25 Å². The van der Waals surface area contributed by atoms with Crippen molar-refractivity contribution in [2.45, 2.75) is 109 Å². The smallest absolute Gasteiger partial charge is 0.344 e. The topological polar surface area (TPSA) is 102 Å². The SMILES string of the molecule is CC1=C[C@]23C(O)C(CC4COC(C)(C)SC4C2(O)[C@H]1OC(=O)c1c(C(C)C)noc1C)[C@H]1C(C[C@H]3C)C1(C)C. The van der Waals surface area contributed by atoms with E-state index in [1.165, 1.54) is 0 Å². The number of thioether (sulfide) groups is 1. The van der Waals surface area contributed by atoms with Gasteiger partial charge in [0.05, 0.1) is 18.1 Å². The second-order valence-corrected chi connectivity index (χ2v) is 16.3. The highest BCUT2D eigenvalue weighted by Crippen LogP contribution is 2.75. The van der Waals surface area contributed by atoms with Gasteiger partial charge in [-0.1, -0.05) is 45.9 Å². The minimum absolute atomic E-state index is 0.00397. The third-order valence-corrected chi connectivity index (χ3v) is 12.9. The fraction of sp³-hybridized carbons (Fsp3) is 0.806. The monoisotopic (exact) mass is 559 g/mol. The first-order valence-electron chi connectivity index (χ1n) is 14.7. The number of aliphatic hydroxyl groups is 2. The normalized spacial score (nSPS) is 45.4. The fourth-order valence-corrected chi connectivity index (χ4v) is 11.0. The van der Waals surface area contributed by atoms with E-state index in [0.29, 0.717) is 35.5 Å². The quantitative estimate of drug-likeness (QED) is 0.371. The summed E-state index contributed by atoms with van der Waals surface area (Å²) in [6, 6.07) is 0. The molecular formula is C31H45NO6S. The average molecular weight is 560 g/mol. The van der Waals surface area contributed by atoms with Crippen LogP contribution in [0.4, 0.5) is 0 Å². The average Bonchev–Trinajstić information content (AvgIpc) is 3.10. The van der Waals surface area contributed by atoms with Gasteiger partial charge in [-0.25, -0.2) is 4.79 Å². The largest absolute Gasteiger partial charge is 0.451 e. The van der Waals surface area contributed by atoms with Crippen molar-refractivity contribution in [2.24, 2.45) is 40.4 Å². The van der Waals surface area contributed by atoms with Gasteiger partial charge in [-0.05, 0) is 87.0 Å². The van der Waals surface area contributed by atoms with Crippen LogP contribution in [0.3, 0.4) is 0 Å². The highest BCUT2D eigenvalue weighted by molar-refractivity contribution is 8.01. The number of aryl methyl sites for hydroxylation is 1. The van der Waals surface area contributed by atoms with Gasteiger partial charge < -0.3 is 24.2 Å². The maximum Gasteiger partial charge on any atom is 0.344 e. The van der Waals surface area contributed by atoms with Gasteiger partial charge in [-0.2, -0.15) is 0 Å². The van der Waals surface area contributed by atoms with Gasteiger partial charge >= 0.3 is 5.97 Å². The van der Waals surface area contributed by atoms with Gasteiger partial charge in [-0.3, -0.25) is 0 Å². The van der Waals surface area contributed by atoms with Gasteiger partial charge in [0.1, 0.15) is 27.6 Å². The van der Waals surface area contributed by atoms with Crippen molar-refractivity contribution in [3.63, 3.8) is 0 Å². The summed E-state index contributed by atoms with van der Waals surface area (Å²) in [5.41, 5.74) is -0.561. The lowest BCUT2D eigenvalue weighted by Gasteiger charge is -2.55. The third-order valence-electron chi connectivity index (χ3n) is 11.2. The number of carbonyl (C=O) groups excluding carboxylic acids is 1. The number of ether oxygens (including phenoxy) is 2. The number of nitrogens with zero attached hydrogens (tertiary/aromatic N) is 1. The van der Waals surface area contributed by atoms with Gasteiger partial charge in [0.15, 0.2) is 6.10 Å². The molecule has 1 aromatic heterocycles. The Balaban J connectivity index is 1.49. The molecule has 4 aliphatic carbocycles. The zero-order valence-corrected chi connectivity index (χ0v) is 25.6. The first-order chi connectivity index (χ1) is 18.1. The van der Waals surface area contributed by atoms with Crippen LogP contribution >= 0.6 is 11.8 Å². The molecule has 3 saturated carbocycles. The van der Waals surface area contributed by atoms with Crippen molar-refractivity contribution in [1.82, 2.24) is 5.16 Å². The van der Waals surface area contributed by atoms with Crippen LogP contribution in [0.2, 0.25) is 0 Å². The Bertz CT molecular complexity index is 1220. The Labute approximate surface area is 236 Å². The highest BCUT2D eigenvalue weighted by Gasteiger charge is 2.77. The lowest BCUT2D eigenvalue weighted by Crippen LogP contribution is -2.67. The number of hydrogen-bond donors (Lipinski definition) is 2. The maximum absolute atomic E-state index is 13.8. The second-order valence-electron chi connectivity index (χ2n) is 14.5. The Morgan fingerprint density at radius 1 is 1.21 bits per heavy atom. The molecule has 7 nitrogen and oxygen atoms in total. The van der Waals surface area contributed by atoms with E-state index in [9.17, 15) is 15.0 Å². The molecule has 1 spiro atoms. The standard InChI is InChI=1S/C31H45NO6S/c1-14(2)23-21(17(5)38-32-23)27(34)37-25-15(3)12-30-16(4)10-20-22(28(20,6)7)19(24(30)33)11-18-13-36-29(8,9)39-26(18)31(25,30)35/h12,14,16,18-20,22,24-26,33,35H,10-11,13H2,1-9H3/t16-,18?,19?,20?,22+,24?,25+,26?,30+,31?/m1/s1. The molecule has 1 saturated heterocycles. The lowest BCUT2D eigenvalue weighted by atomic mass is 9.59. The van der Waals surface area contributed by atoms with E-state index in [1.807, 2.05) is 34.6 Å². The Kier molecular flexibility index (Phi) is 6.12. The molecule has 2 bridgehead atoms. The molecule has 0 radical (unpaired) electrons. The van der Waals surface area contributed by atoms with Crippen LogP contribution in [0, 0.1) is 47.3 Å². The first kappa shape index (κ1) is 27.8. The predicted octanol–water partition coefficient (Wildman–Crippen LogP) is 5.49. The number of fused-ring (bicyclic) bond motifs is 5. The molecule has 5 aliphatic rings. The highest BCUT2D eigenvalue weighted by atomic mass is 32.2. The van der Waals surface area contributed by atoms with Crippen molar-refractivity contribution >= 4 is 17.7 Å². The molecule has 0 amide bonds. The Hall–Kier alpha value is -1.35. The van der Waals surface area contributed by atoms with Crippen LogP contribution in [0.25, 0.3) is 0 Å². The van der Waals surface area contributed by atoms with E-state index in [-0.39, 0.29) is 34.3 Å². The summed E-state index contributed by atoms with van der Waals surface area (Å²) in [5, 5.41) is 29.6. The molecule has 0 aromatic carbocycles. The molecule has 39 heavy (non-hydrogen) atoms. The van der Waals surface area contributed by atoms with Gasteiger partial charge in [0.2, 0.25) is 0 Å².